The van der Waals surface area contributed by atoms with Gasteiger partial charge in [-0.25, -0.2) is 10.1 Å². The van der Waals surface area contributed by atoms with Gasteiger partial charge in [-0.3, -0.25) is 0 Å². The average molecular weight is 601 g/mol. The monoisotopic (exact) mass is 600 g/mol. The van der Waals surface area contributed by atoms with E-state index in [2.05, 4.69) is 21.9 Å². The predicted molar refractivity (Wildman–Crippen MR) is 169 cm³/mol. The highest BCUT2D eigenvalue weighted by Crippen LogP contribution is 2.42. The Balaban J connectivity index is 1.49. The first-order valence-electron chi connectivity index (χ1n) is 14.7. The molecule has 3 aromatic carbocycles. The van der Waals surface area contributed by atoms with Crippen molar-refractivity contribution in [1.29, 1.82) is 10.5 Å². The minimum atomic E-state index is -0.221. The zero-order valence-electron chi connectivity index (χ0n) is 24.6. The number of aliphatic hydroxyl groups is 2. The van der Waals surface area contributed by atoms with Crippen LogP contribution in [0.5, 0.6) is 17.2 Å². The lowest BCUT2D eigenvalue weighted by molar-refractivity contribution is 0.174. The number of rotatable bonds is 12. The Kier molecular flexibility index (Phi) is 10.1. The summed E-state index contributed by atoms with van der Waals surface area (Å²) in [6, 6.07) is 25.2. The van der Waals surface area contributed by atoms with Gasteiger partial charge in [-0.2, -0.15) is 5.26 Å². The summed E-state index contributed by atoms with van der Waals surface area (Å²) >= 11 is 0. The number of fused-ring (bicyclic) bond motifs is 2. The number of hydrogen-bond donors (Lipinski definition) is 2. The van der Waals surface area contributed by atoms with Crippen LogP contribution in [0.15, 0.2) is 96.0 Å². The molecule has 9 heteroatoms. The minimum Gasteiger partial charge on any atom is -0.454 e. The molecule has 0 saturated carbocycles. The van der Waals surface area contributed by atoms with Crippen molar-refractivity contribution in [3.05, 3.63) is 113 Å². The van der Waals surface area contributed by atoms with Crippen LogP contribution in [0.25, 0.3) is 21.5 Å². The number of anilines is 1. The zero-order valence-corrected chi connectivity index (χ0v) is 24.6. The Morgan fingerprint density at radius 1 is 0.933 bits per heavy atom. The lowest BCUT2D eigenvalue weighted by atomic mass is 9.96. The number of nitriles is 2. The lowest BCUT2D eigenvalue weighted by Crippen LogP contribution is -2.22. The maximum Gasteiger partial charge on any atom is 0.270 e. The third-order valence-corrected chi connectivity index (χ3v) is 7.78. The number of nitrogens with zero attached hydrogens (tertiary/aromatic N) is 4. The molecule has 0 fully saturated rings. The molecular formula is C36H32N4O5. The molecule has 2 N–H and O–H groups in total. The van der Waals surface area contributed by atoms with Gasteiger partial charge in [-0.05, 0) is 72.2 Å². The Morgan fingerprint density at radius 2 is 1.73 bits per heavy atom. The first kappa shape index (κ1) is 30.9. The van der Waals surface area contributed by atoms with Gasteiger partial charge in [0.1, 0.15) is 0 Å². The van der Waals surface area contributed by atoms with Crippen LogP contribution in [0.3, 0.4) is 0 Å². The Hall–Kier alpha value is -5.53. The van der Waals surface area contributed by atoms with Crippen molar-refractivity contribution in [3.8, 4) is 40.5 Å². The number of hydrogen-bond acceptors (Lipinski definition) is 8. The number of benzene rings is 3. The molecule has 3 aromatic rings. The topological polar surface area (TPSA) is 123 Å². The van der Waals surface area contributed by atoms with Crippen molar-refractivity contribution < 1.29 is 24.4 Å². The van der Waals surface area contributed by atoms with E-state index in [0.717, 1.165) is 36.1 Å². The van der Waals surface area contributed by atoms with Crippen molar-refractivity contribution >= 4 is 11.3 Å². The smallest absolute Gasteiger partial charge is 0.270 e. The van der Waals surface area contributed by atoms with E-state index in [-0.39, 0.29) is 42.8 Å². The molecule has 2 heterocycles. The van der Waals surface area contributed by atoms with E-state index < -0.39 is 0 Å². The van der Waals surface area contributed by atoms with Gasteiger partial charge in [0.15, 0.2) is 17.2 Å². The summed E-state index contributed by atoms with van der Waals surface area (Å²) < 4.78 is 17.2. The van der Waals surface area contributed by atoms with Crippen LogP contribution in [0.1, 0.15) is 31.2 Å². The summed E-state index contributed by atoms with van der Waals surface area (Å²) in [6.45, 7) is 8.38. The van der Waals surface area contributed by atoms with Gasteiger partial charge in [0, 0.05) is 31.4 Å². The minimum absolute atomic E-state index is 0.0397. The lowest BCUT2D eigenvalue weighted by Gasteiger charge is -2.19. The van der Waals surface area contributed by atoms with Crippen molar-refractivity contribution in [1.82, 2.24) is 0 Å². The summed E-state index contributed by atoms with van der Waals surface area (Å²) in [7, 11) is 0. The highest BCUT2D eigenvalue weighted by Gasteiger charge is 2.27. The second kappa shape index (κ2) is 14.8. The molecule has 1 unspecified atom stereocenters. The fourth-order valence-corrected chi connectivity index (χ4v) is 5.42. The van der Waals surface area contributed by atoms with Crippen molar-refractivity contribution in [2.24, 2.45) is 5.92 Å². The molecule has 0 radical (unpaired) electrons. The molecule has 0 spiro atoms. The predicted octanol–water partition coefficient (Wildman–Crippen LogP) is 6.59. The zero-order chi connectivity index (χ0) is 31.6. The van der Waals surface area contributed by atoms with Crippen molar-refractivity contribution in [2.45, 2.75) is 25.7 Å². The van der Waals surface area contributed by atoms with Gasteiger partial charge >= 0.3 is 0 Å². The molecule has 0 aliphatic carbocycles. The van der Waals surface area contributed by atoms with Gasteiger partial charge in [-0.15, -0.1) is 0 Å². The number of ether oxygens (including phenoxy) is 3. The molecule has 2 aliphatic rings. The summed E-state index contributed by atoms with van der Waals surface area (Å²) in [5, 5.41) is 38.9. The van der Waals surface area contributed by atoms with Gasteiger partial charge in [0.25, 0.3) is 5.70 Å². The van der Waals surface area contributed by atoms with E-state index in [1.165, 1.54) is 0 Å². The van der Waals surface area contributed by atoms with Gasteiger partial charge in [0.2, 0.25) is 12.7 Å². The Morgan fingerprint density at radius 3 is 2.47 bits per heavy atom. The molecule has 0 saturated heterocycles. The highest BCUT2D eigenvalue weighted by molar-refractivity contribution is 5.89. The molecule has 0 amide bonds. The van der Waals surface area contributed by atoms with Crippen LogP contribution in [-0.2, 0) is 0 Å². The summed E-state index contributed by atoms with van der Waals surface area (Å²) in [5.41, 5.74) is 3.56. The molecule has 0 aromatic heterocycles. The first-order valence-corrected chi connectivity index (χ1v) is 14.7. The number of allylic oxidation sites excluding steroid dienone is 5. The molecule has 5 rings (SSSR count). The van der Waals surface area contributed by atoms with Crippen LogP contribution >= 0.6 is 0 Å². The van der Waals surface area contributed by atoms with E-state index >= 15 is 0 Å². The Labute approximate surface area is 262 Å². The third-order valence-electron chi connectivity index (χ3n) is 7.78. The molecule has 226 valence electrons. The van der Waals surface area contributed by atoms with E-state index in [9.17, 15) is 20.7 Å². The molecule has 1 atom stereocenters. The second-order valence-electron chi connectivity index (χ2n) is 10.6. The average Bonchev–Trinajstić information content (AvgIpc) is 3.70. The molecule has 0 bridgehead atoms. The highest BCUT2D eigenvalue weighted by atomic mass is 16.7. The number of aliphatic hydroxyl groups excluding tert-OH is 2. The normalized spacial score (nSPS) is 15.4. The molecule has 45 heavy (non-hydrogen) atoms. The maximum atomic E-state index is 10.2. The quantitative estimate of drug-likeness (QED) is 0.103. The SMILES string of the molecule is [C-]#[N+]/C(C#N)=C(\C(C#N)=CC=C1Oc2ccc(-c3ccccc3)cc2N1CCCCC(CO)CCO)c1ccc2c(c1)OCO2. The van der Waals surface area contributed by atoms with Gasteiger partial charge in [-0.1, -0.05) is 48.9 Å². The van der Waals surface area contributed by atoms with Gasteiger partial charge in [0.05, 0.1) is 30.0 Å². The largest absolute Gasteiger partial charge is 0.454 e. The van der Waals surface area contributed by atoms with Gasteiger partial charge < -0.3 is 29.3 Å². The van der Waals surface area contributed by atoms with Crippen LogP contribution in [0.2, 0.25) is 0 Å². The van der Waals surface area contributed by atoms with E-state index in [1.807, 2.05) is 48.5 Å². The number of unbranched alkanes of at least 4 members (excludes halogenated alkanes) is 1. The van der Waals surface area contributed by atoms with E-state index in [4.69, 9.17) is 20.8 Å². The first-order chi connectivity index (χ1) is 22.1. The fourth-order valence-electron chi connectivity index (χ4n) is 5.42. The summed E-state index contributed by atoms with van der Waals surface area (Å²) in [6.07, 6.45) is 6.25. The van der Waals surface area contributed by atoms with Crippen LogP contribution in [-0.4, -0.2) is 36.8 Å². The summed E-state index contributed by atoms with van der Waals surface area (Å²) in [4.78, 5) is 5.46. The maximum absolute atomic E-state index is 10.2. The molecular weight excluding hydrogens is 568 g/mol. The van der Waals surface area contributed by atoms with E-state index in [0.29, 0.717) is 41.7 Å². The van der Waals surface area contributed by atoms with E-state index in [1.54, 1.807) is 30.4 Å². The summed E-state index contributed by atoms with van der Waals surface area (Å²) in [5.74, 6) is 2.25. The third kappa shape index (κ3) is 7.00. The second-order valence-corrected chi connectivity index (χ2v) is 10.6. The Bertz CT molecular complexity index is 1740. The van der Waals surface area contributed by atoms with Crippen LogP contribution in [0, 0.1) is 35.2 Å². The van der Waals surface area contributed by atoms with Crippen LogP contribution in [0.4, 0.5) is 5.69 Å². The standard InChI is InChI=1S/C36H32N4O5/c1-39-30(22-38)36(28-11-14-33-34(20-28)44-24-43-33)29(21-37)12-15-35-40(17-6-5-7-25(23-42)16-18-41)31-19-27(10-13-32(31)45-35)26-8-3-2-4-9-26/h2-4,8-15,19-20,25,41-42H,5-7,16-18,23-24H2/b29-12?,35-15?,36-30-. The molecule has 2 aliphatic heterocycles. The van der Waals surface area contributed by atoms with Crippen molar-refractivity contribution in [3.63, 3.8) is 0 Å². The van der Waals surface area contributed by atoms with Crippen LogP contribution < -0.4 is 19.1 Å². The molecule has 9 nitrogen and oxygen atoms in total. The van der Waals surface area contributed by atoms with Crippen molar-refractivity contribution in [2.75, 3.05) is 31.5 Å². The fraction of sp³-hybridized carbons (Fsp3) is 0.250.